The number of urea groups is 1. The fourth-order valence-electron chi connectivity index (χ4n) is 2.46. The summed E-state index contributed by atoms with van der Waals surface area (Å²) in [6.45, 7) is 0.426. The quantitative estimate of drug-likeness (QED) is 0.524. The maximum atomic E-state index is 13.2. The van der Waals surface area contributed by atoms with Crippen molar-refractivity contribution in [3.8, 4) is 11.3 Å². The Bertz CT molecular complexity index is 1080. The Morgan fingerprint density at radius 3 is 3.00 bits per heavy atom. The summed E-state index contributed by atoms with van der Waals surface area (Å²) < 4.78 is 14.1. The Morgan fingerprint density at radius 1 is 1.22 bits per heavy atom. The van der Waals surface area contributed by atoms with E-state index < -0.39 is 0 Å². The fraction of sp³-hybridized carbons (Fsp3) is 0.111. The summed E-state index contributed by atoms with van der Waals surface area (Å²) in [5.41, 5.74) is 2.31. The van der Waals surface area contributed by atoms with Crippen molar-refractivity contribution < 1.29 is 9.18 Å². The highest BCUT2D eigenvalue weighted by Gasteiger charge is 2.09. The molecule has 27 heavy (non-hydrogen) atoms. The van der Waals surface area contributed by atoms with Crippen LogP contribution in [0.3, 0.4) is 0 Å². The molecule has 2 N–H and O–H groups in total. The van der Waals surface area contributed by atoms with Gasteiger partial charge < -0.3 is 5.32 Å². The number of benzene rings is 1. The molecule has 3 heterocycles. The van der Waals surface area contributed by atoms with Crippen LogP contribution in [-0.4, -0.2) is 27.5 Å². The molecule has 0 fully saturated rings. The van der Waals surface area contributed by atoms with Gasteiger partial charge in [-0.1, -0.05) is 0 Å². The number of fused-ring (bicyclic) bond motifs is 1. The number of hydrogen-bond acceptors (Lipinski definition) is 6. The van der Waals surface area contributed by atoms with E-state index in [9.17, 15) is 9.18 Å². The summed E-state index contributed by atoms with van der Waals surface area (Å²) in [5.74, 6) is -0.300. The lowest BCUT2D eigenvalue weighted by molar-refractivity contribution is 0.252. The predicted octanol–water partition coefficient (Wildman–Crippen LogP) is 4.32. The third-order valence-corrected chi connectivity index (χ3v) is 5.55. The zero-order valence-corrected chi connectivity index (χ0v) is 15.6. The van der Waals surface area contributed by atoms with Crippen molar-refractivity contribution in [3.63, 3.8) is 0 Å². The van der Waals surface area contributed by atoms with Crippen LogP contribution in [0.1, 0.15) is 5.01 Å². The van der Waals surface area contributed by atoms with Crippen LogP contribution in [0.5, 0.6) is 0 Å². The Kier molecular flexibility index (Phi) is 5.03. The molecular formula is C18H14FN5OS2. The number of anilines is 1. The van der Waals surface area contributed by atoms with Gasteiger partial charge in [0.05, 0.1) is 20.9 Å². The van der Waals surface area contributed by atoms with E-state index >= 15 is 0 Å². The lowest BCUT2D eigenvalue weighted by Crippen LogP contribution is -2.30. The summed E-state index contributed by atoms with van der Waals surface area (Å²) in [6.07, 6.45) is 4.00. The van der Waals surface area contributed by atoms with Crippen LogP contribution in [0.4, 0.5) is 14.3 Å². The monoisotopic (exact) mass is 399 g/mol. The molecule has 2 amide bonds. The number of thiazole rings is 2. The number of halogens is 1. The van der Waals surface area contributed by atoms with Crippen LogP contribution in [0.25, 0.3) is 21.5 Å². The highest BCUT2D eigenvalue weighted by atomic mass is 32.1. The number of amides is 2. The van der Waals surface area contributed by atoms with E-state index in [0.29, 0.717) is 23.6 Å². The first-order valence-corrected chi connectivity index (χ1v) is 9.83. The molecule has 3 aromatic heterocycles. The molecule has 0 saturated carbocycles. The van der Waals surface area contributed by atoms with E-state index in [-0.39, 0.29) is 11.8 Å². The van der Waals surface area contributed by atoms with Gasteiger partial charge in [-0.3, -0.25) is 10.3 Å². The molecule has 0 aliphatic heterocycles. The Labute approximate surface area is 162 Å². The largest absolute Gasteiger partial charge is 0.337 e. The second-order valence-corrected chi connectivity index (χ2v) is 7.60. The van der Waals surface area contributed by atoms with Crippen molar-refractivity contribution in [2.75, 3.05) is 11.9 Å². The second-order valence-electron chi connectivity index (χ2n) is 5.63. The Hall–Kier alpha value is -2.91. The molecule has 0 spiro atoms. The zero-order valence-electron chi connectivity index (χ0n) is 14.0. The van der Waals surface area contributed by atoms with E-state index in [0.717, 1.165) is 21.0 Å². The number of hydrogen-bond donors (Lipinski definition) is 2. The molecular weight excluding hydrogens is 385 g/mol. The van der Waals surface area contributed by atoms with E-state index in [1.807, 2.05) is 17.5 Å². The van der Waals surface area contributed by atoms with Gasteiger partial charge in [0.1, 0.15) is 5.82 Å². The standard InChI is InChI=1S/C18H14FN5OS2/c19-12-3-4-15-13(8-12)22-16(27-15)5-7-21-17(25)24-18-23-14(10-26-18)11-2-1-6-20-9-11/h1-4,6,8-10H,5,7H2,(H2,21,23,24,25). The lowest BCUT2D eigenvalue weighted by Gasteiger charge is -2.03. The number of aromatic nitrogens is 3. The summed E-state index contributed by atoms with van der Waals surface area (Å²) in [7, 11) is 0. The second kappa shape index (κ2) is 7.77. The summed E-state index contributed by atoms with van der Waals surface area (Å²) in [4.78, 5) is 24.9. The minimum atomic E-state index is -0.325. The molecule has 0 radical (unpaired) electrons. The number of pyridine rings is 1. The normalized spacial score (nSPS) is 10.9. The van der Waals surface area contributed by atoms with Crippen molar-refractivity contribution >= 4 is 44.1 Å². The van der Waals surface area contributed by atoms with Crippen LogP contribution in [0.2, 0.25) is 0 Å². The molecule has 9 heteroatoms. The van der Waals surface area contributed by atoms with Crippen LogP contribution in [-0.2, 0) is 6.42 Å². The third kappa shape index (κ3) is 4.26. The number of carbonyl (C=O) groups excluding carboxylic acids is 1. The highest BCUT2D eigenvalue weighted by molar-refractivity contribution is 7.18. The van der Waals surface area contributed by atoms with Gasteiger partial charge in [0.25, 0.3) is 0 Å². The highest BCUT2D eigenvalue weighted by Crippen LogP contribution is 2.24. The van der Waals surface area contributed by atoms with Gasteiger partial charge in [-0.15, -0.1) is 22.7 Å². The number of rotatable bonds is 5. The maximum absolute atomic E-state index is 13.2. The predicted molar refractivity (Wildman–Crippen MR) is 106 cm³/mol. The molecule has 0 atom stereocenters. The molecule has 0 bridgehead atoms. The molecule has 4 rings (SSSR count). The minimum absolute atomic E-state index is 0.300. The smallest absolute Gasteiger partial charge is 0.321 e. The topological polar surface area (TPSA) is 79.8 Å². The first kappa shape index (κ1) is 17.5. The third-order valence-electron chi connectivity index (χ3n) is 3.70. The molecule has 4 aromatic rings. The van der Waals surface area contributed by atoms with E-state index in [2.05, 4.69) is 25.6 Å². The molecule has 0 unspecified atom stereocenters. The first-order valence-electron chi connectivity index (χ1n) is 8.13. The van der Waals surface area contributed by atoms with Gasteiger partial charge in [-0.2, -0.15) is 0 Å². The van der Waals surface area contributed by atoms with Gasteiger partial charge in [0.15, 0.2) is 5.13 Å². The summed E-state index contributed by atoms with van der Waals surface area (Å²) in [6, 6.07) is 7.98. The van der Waals surface area contributed by atoms with Gasteiger partial charge in [-0.05, 0) is 24.3 Å². The zero-order chi connectivity index (χ0) is 18.6. The molecule has 1 aromatic carbocycles. The first-order chi connectivity index (χ1) is 13.2. The van der Waals surface area contributed by atoms with Crippen LogP contribution >= 0.6 is 22.7 Å². The SMILES string of the molecule is O=C(NCCc1nc2cc(F)ccc2s1)Nc1nc(-c2cccnc2)cs1. The lowest BCUT2D eigenvalue weighted by atomic mass is 10.2. The minimum Gasteiger partial charge on any atom is -0.337 e. The number of carbonyl (C=O) groups is 1. The average molecular weight is 399 g/mol. The molecule has 6 nitrogen and oxygen atoms in total. The van der Waals surface area contributed by atoms with E-state index in [1.54, 1.807) is 18.5 Å². The van der Waals surface area contributed by atoms with E-state index in [4.69, 9.17) is 0 Å². The fourth-order valence-corrected chi connectivity index (χ4v) is 4.12. The van der Waals surface area contributed by atoms with Crippen LogP contribution in [0, 0.1) is 5.82 Å². The van der Waals surface area contributed by atoms with Crippen molar-refractivity contribution in [2.24, 2.45) is 0 Å². The van der Waals surface area contributed by atoms with Crippen LogP contribution < -0.4 is 10.6 Å². The summed E-state index contributed by atoms with van der Waals surface area (Å²) in [5, 5.41) is 8.74. The van der Waals surface area contributed by atoms with Gasteiger partial charge >= 0.3 is 6.03 Å². The maximum Gasteiger partial charge on any atom is 0.321 e. The van der Waals surface area contributed by atoms with Crippen molar-refractivity contribution in [3.05, 3.63) is 58.9 Å². The van der Waals surface area contributed by atoms with Crippen molar-refractivity contribution in [1.29, 1.82) is 0 Å². The molecule has 0 saturated heterocycles. The average Bonchev–Trinajstić information content (AvgIpc) is 3.28. The van der Waals surface area contributed by atoms with Gasteiger partial charge in [0, 0.05) is 42.4 Å². The van der Waals surface area contributed by atoms with Gasteiger partial charge in [0.2, 0.25) is 0 Å². The Balaban J connectivity index is 1.30. The molecule has 136 valence electrons. The van der Waals surface area contributed by atoms with Gasteiger partial charge in [-0.25, -0.2) is 19.2 Å². The van der Waals surface area contributed by atoms with Crippen molar-refractivity contribution in [1.82, 2.24) is 20.3 Å². The Morgan fingerprint density at radius 2 is 2.15 bits per heavy atom. The molecule has 0 aliphatic carbocycles. The van der Waals surface area contributed by atoms with E-state index in [1.165, 1.54) is 34.8 Å². The summed E-state index contributed by atoms with van der Waals surface area (Å²) >= 11 is 2.85. The molecule has 0 aliphatic rings. The van der Waals surface area contributed by atoms with Crippen LogP contribution in [0.15, 0.2) is 48.1 Å². The number of nitrogens with zero attached hydrogens (tertiary/aromatic N) is 3. The number of nitrogens with one attached hydrogen (secondary N) is 2. The van der Waals surface area contributed by atoms with Crippen molar-refractivity contribution in [2.45, 2.75) is 6.42 Å².